The molecule has 1 saturated heterocycles. The number of aliphatic hydroxyl groups excluding tert-OH is 2. The topological polar surface area (TPSA) is 177 Å². The van der Waals surface area contributed by atoms with Crippen LogP contribution >= 0.6 is 0 Å². The molecule has 0 saturated carbocycles. The normalized spacial score (nSPS) is 25.7. The number of carbonyl (C=O) groups excluding carboxylic acids is 4. The van der Waals surface area contributed by atoms with Gasteiger partial charge in [-0.3, -0.25) is 19.2 Å². The molecule has 2 amide bonds. The molecule has 210 valence electrons. The summed E-state index contributed by atoms with van der Waals surface area (Å²) >= 11 is 0. The second-order valence-electron chi connectivity index (χ2n) is 9.51. The van der Waals surface area contributed by atoms with Crippen LogP contribution in [0.2, 0.25) is 0 Å². The van der Waals surface area contributed by atoms with Crippen molar-refractivity contribution in [3.8, 4) is 0 Å². The monoisotopic (exact) mass is 549 g/mol. The van der Waals surface area contributed by atoms with Crippen molar-refractivity contribution >= 4 is 29.1 Å². The van der Waals surface area contributed by atoms with Gasteiger partial charge in [0.2, 0.25) is 17.3 Å². The standard InChI is InChI=1S/C29H31N3O8/c1-4-5-14-20(31-19-15-10-9-13-18(19)25(30)36)21(33)22-16(2)23(34)28(40-22)26(37)29(39-3,32-27(28)38)24(35)17-11-7-6-8-12-17/h5-15,20-21,26,31,33,37H,4H2,1-3H3,(H2,30,36)(H,32,38)/b14-5-/t20-,21-,26+,28+,29+/m0/s1. The van der Waals surface area contributed by atoms with Gasteiger partial charge < -0.3 is 36.1 Å². The number of hydrogen-bond acceptors (Lipinski definition) is 9. The molecule has 0 bridgehead atoms. The highest BCUT2D eigenvalue weighted by atomic mass is 16.6. The van der Waals surface area contributed by atoms with Crippen LogP contribution in [0, 0.1) is 0 Å². The molecule has 11 nitrogen and oxygen atoms in total. The Morgan fingerprint density at radius 1 is 1.18 bits per heavy atom. The lowest BCUT2D eigenvalue weighted by molar-refractivity contribution is -0.162. The van der Waals surface area contributed by atoms with Crippen LogP contribution in [0.1, 0.15) is 41.0 Å². The Hall–Kier alpha value is -4.32. The Labute approximate surface area is 230 Å². The second kappa shape index (κ2) is 11.0. The van der Waals surface area contributed by atoms with Gasteiger partial charge >= 0.3 is 0 Å². The average molecular weight is 550 g/mol. The predicted octanol–water partition coefficient (Wildman–Crippen LogP) is 1.22. The average Bonchev–Trinajstić information content (AvgIpc) is 3.36. The van der Waals surface area contributed by atoms with E-state index in [4.69, 9.17) is 15.2 Å². The van der Waals surface area contributed by atoms with E-state index in [1.165, 1.54) is 25.1 Å². The van der Waals surface area contributed by atoms with Crippen molar-refractivity contribution in [1.82, 2.24) is 5.32 Å². The van der Waals surface area contributed by atoms with E-state index < -0.39 is 53.0 Å². The number of nitrogens with one attached hydrogen (secondary N) is 2. The minimum atomic E-state index is -2.58. The van der Waals surface area contributed by atoms with Gasteiger partial charge in [-0.05, 0) is 25.5 Å². The molecular weight excluding hydrogens is 518 g/mol. The van der Waals surface area contributed by atoms with Crippen molar-refractivity contribution in [1.29, 1.82) is 0 Å². The van der Waals surface area contributed by atoms with E-state index in [9.17, 15) is 29.4 Å². The van der Waals surface area contributed by atoms with E-state index in [1.807, 2.05) is 6.92 Å². The summed E-state index contributed by atoms with van der Waals surface area (Å²) in [6.07, 6.45) is 0.302. The molecule has 2 aromatic rings. The lowest BCUT2D eigenvalue weighted by Crippen LogP contribution is -2.60. The molecule has 6 N–H and O–H groups in total. The fraction of sp³-hybridized carbons (Fsp3) is 0.310. The smallest absolute Gasteiger partial charge is 0.278 e. The molecule has 5 atom stereocenters. The number of methoxy groups -OCH3 is 1. The van der Waals surface area contributed by atoms with Crippen LogP contribution < -0.4 is 16.4 Å². The quantitative estimate of drug-likeness (QED) is 0.166. The molecule has 0 unspecified atom stereocenters. The summed E-state index contributed by atoms with van der Waals surface area (Å²) in [6, 6.07) is 13.3. The van der Waals surface area contributed by atoms with E-state index in [0.29, 0.717) is 12.1 Å². The van der Waals surface area contributed by atoms with Crippen molar-refractivity contribution < 1.29 is 38.9 Å². The summed E-state index contributed by atoms with van der Waals surface area (Å²) in [4.78, 5) is 52.3. The third-order valence-corrected chi connectivity index (χ3v) is 7.12. The Bertz CT molecular complexity index is 1400. The van der Waals surface area contributed by atoms with Gasteiger partial charge in [0.25, 0.3) is 17.4 Å². The number of benzene rings is 2. The summed E-state index contributed by atoms with van der Waals surface area (Å²) in [5, 5.41) is 28.2. The number of ketones is 2. The second-order valence-corrected chi connectivity index (χ2v) is 9.51. The number of nitrogens with two attached hydrogens (primary N) is 1. The number of carbonyl (C=O) groups is 4. The van der Waals surface area contributed by atoms with Gasteiger partial charge in [-0.15, -0.1) is 0 Å². The summed E-state index contributed by atoms with van der Waals surface area (Å²) in [7, 11) is 1.12. The lowest BCUT2D eigenvalue weighted by Gasteiger charge is -2.33. The van der Waals surface area contributed by atoms with Crippen molar-refractivity contribution in [3.63, 3.8) is 0 Å². The van der Waals surface area contributed by atoms with Crippen LogP contribution in [0.3, 0.4) is 0 Å². The first-order chi connectivity index (χ1) is 19.0. The van der Waals surface area contributed by atoms with Crippen LogP contribution in [0.4, 0.5) is 5.69 Å². The summed E-state index contributed by atoms with van der Waals surface area (Å²) < 4.78 is 11.2. The highest BCUT2D eigenvalue weighted by Crippen LogP contribution is 2.44. The van der Waals surface area contributed by atoms with Gasteiger partial charge in [-0.2, -0.15) is 0 Å². The number of hydrogen-bond donors (Lipinski definition) is 5. The molecule has 1 spiro atoms. The number of para-hydroxylation sites is 1. The number of aliphatic hydroxyl groups is 2. The van der Waals surface area contributed by atoms with Crippen molar-refractivity contribution in [2.24, 2.45) is 5.73 Å². The van der Waals surface area contributed by atoms with Crippen molar-refractivity contribution in [3.05, 3.63) is 89.2 Å². The van der Waals surface area contributed by atoms with Crippen molar-refractivity contribution in [2.75, 3.05) is 12.4 Å². The third kappa shape index (κ3) is 4.47. The highest BCUT2D eigenvalue weighted by molar-refractivity contribution is 6.23. The van der Waals surface area contributed by atoms with Crippen LogP contribution in [0.5, 0.6) is 0 Å². The first-order valence-corrected chi connectivity index (χ1v) is 12.7. The van der Waals surface area contributed by atoms with E-state index in [-0.39, 0.29) is 22.5 Å². The van der Waals surface area contributed by atoms with Crippen LogP contribution in [0.15, 0.2) is 78.1 Å². The number of allylic oxidation sites excluding steroid dienone is 1. The van der Waals surface area contributed by atoms with E-state index in [2.05, 4.69) is 10.6 Å². The number of amides is 2. The number of primary amides is 1. The molecule has 2 aliphatic rings. The fourth-order valence-electron chi connectivity index (χ4n) is 4.96. The minimum absolute atomic E-state index is 0.123. The molecule has 11 heteroatoms. The predicted molar refractivity (Wildman–Crippen MR) is 144 cm³/mol. The Morgan fingerprint density at radius 2 is 1.82 bits per heavy atom. The molecule has 40 heavy (non-hydrogen) atoms. The van der Waals surface area contributed by atoms with Gasteiger partial charge in [0.15, 0.2) is 6.10 Å². The molecule has 2 heterocycles. The van der Waals surface area contributed by atoms with E-state index >= 15 is 0 Å². The molecular formula is C29H31N3O8. The van der Waals surface area contributed by atoms with Gasteiger partial charge in [0.1, 0.15) is 11.9 Å². The van der Waals surface area contributed by atoms with E-state index in [0.717, 1.165) is 7.11 Å². The third-order valence-electron chi connectivity index (χ3n) is 7.12. The number of Topliss-reactive ketones (excluding diaryl/α,β-unsaturated/α-hetero) is 2. The molecule has 2 aromatic carbocycles. The highest BCUT2D eigenvalue weighted by Gasteiger charge is 2.74. The summed E-state index contributed by atoms with van der Waals surface area (Å²) in [6.45, 7) is 3.22. The fourth-order valence-corrected chi connectivity index (χ4v) is 4.96. The maximum Gasteiger partial charge on any atom is 0.278 e. The maximum atomic E-state index is 13.6. The summed E-state index contributed by atoms with van der Waals surface area (Å²) in [5.41, 5.74) is 1.08. The molecule has 2 aliphatic heterocycles. The minimum Gasteiger partial charge on any atom is -0.467 e. The SMILES string of the molecule is CC/C=C\[C@H](Nc1ccccc1C(N)=O)[C@H](O)C1=C(C)C(=O)[C@]2(O1)C(=O)N[C@@](OC)(C(=O)c1ccccc1)[C@@H]2O. The van der Waals surface area contributed by atoms with Gasteiger partial charge in [0.05, 0.1) is 11.6 Å². The molecule has 4 rings (SSSR count). The van der Waals surface area contributed by atoms with E-state index in [1.54, 1.807) is 48.6 Å². The van der Waals surface area contributed by atoms with Crippen LogP contribution in [-0.2, 0) is 19.1 Å². The summed E-state index contributed by atoms with van der Waals surface area (Å²) in [5.74, 6) is -3.78. The largest absolute Gasteiger partial charge is 0.467 e. The molecule has 0 radical (unpaired) electrons. The molecule has 1 fully saturated rings. The van der Waals surface area contributed by atoms with Gasteiger partial charge in [0, 0.05) is 23.9 Å². The number of ether oxygens (including phenoxy) is 2. The number of rotatable bonds is 10. The lowest BCUT2D eigenvalue weighted by atomic mass is 9.85. The van der Waals surface area contributed by atoms with Crippen LogP contribution in [0.25, 0.3) is 0 Å². The Morgan fingerprint density at radius 3 is 2.45 bits per heavy atom. The Balaban J connectivity index is 1.70. The van der Waals surface area contributed by atoms with Gasteiger partial charge in [-0.1, -0.05) is 61.5 Å². The Kier molecular flexibility index (Phi) is 7.92. The zero-order valence-corrected chi connectivity index (χ0v) is 22.2. The first kappa shape index (κ1) is 28.7. The first-order valence-electron chi connectivity index (χ1n) is 12.7. The zero-order chi connectivity index (χ0) is 29.2. The molecule has 0 aliphatic carbocycles. The van der Waals surface area contributed by atoms with Gasteiger partial charge in [-0.25, -0.2) is 0 Å². The van der Waals surface area contributed by atoms with Crippen molar-refractivity contribution in [2.45, 2.75) is 49.8 Å². The molecule has 0 aromatic heterocycles. The van der Waals surface area contributed by atoms with Crippen LogP contribution in [-0.4, -0.2) is 70.3 Å². The maximum absolute atomic E-state index is 13.6. The zero-order valence-electron chi connectivity index (χ0n) is 22.2. The number of anilines is 1.